The van der Waals surface area contributed by atoms with Crippen molar-refractivity contribution in [3.05, 3.63) is 33.1 Å². The normalized spacial score (nSPS) is 10.5. The van der Waals surface area contributed by atoms with Gasteiger partial charge in [0.05, 0.1) is 16.6 Å². The van der Waals surface area contributed by atoms with Crippen molar-refractivity contribution in [3.8, 4) is 16.3 Å². The van der Waals surface area contributed by atoms with E-state index in [-0.39, 0.29) is 10.6 Å². The summed E-state index contributed by atoms with van der Waals surface area (Å²) in [7, 11) is 0. The first-order valence-corrected chi connectivity index (χ1v) is 5.28. The van der Waals surface area contributed by atoms with Crippen LogP contribution in [0.2, 0.25) is 0 Å². The quantitative estimate of drug-likeness (QED) is 0.656. The lowest BCUT2D eigenvalue weighted by Crippen LogP contribution is -1.93. The third-order valence-electron chi connectivity index (χ3n) is 2.02. The number of aromatic nitrogens is 2. The number of aromatic hydroxyl groups is 1. The first-order chi connectivity index (χ1) is 7.99. The molecule has 88 valence electrons. The third kappa shape index (κ3) is 2.07. The Bertz CT molecular complexity index is 599. The van der Waals surface area contributed by atoms with Crippen LogP contribution in [0.25, 0.3) is 10.6 Å². The first-order valence-electron chi connectivity index (χ1n) is 4.46. The highest BCUT2D eigenvalue weighted by atomic mass is 32.1. The van der Waals surface area contributed by atoms with Crippen LogP contribution in [0, 0.1) is 22.9 Å². The van der Waals surface area contributed by atoms with E-state index in [9.17, 15) is 19.6 Å². The van der Waals surface area contributed by atoms with Crippen molar-refractivity contribution >= 4 is 17.0 Å². The number of aryl methyl sites for hydroxylation is 1. The van der Waals surface area contributed by atoms with E-state index in [0.29, 0.717) is 11.1 Å². The molecule has 0 amide bonds. The number of rotatable bonds is 2. The molecule has 0 bridgehead atoms. The molecule has 0 saturated carbocycles. The Balaban J connectivity index is 2.67. The molecule has 17 heavy (non-hydrogen) atoms. The van der Waals surface area contributed by atoms with E-state index in [4.69, 9.17) is 0 Å². The van der Waals surface area contributed by atoms with E-state index in [2.05, 4.69) is 10.2 Å². The molecule has 2 aromatic rings. The maximum Gasteiger partial charge on any atom is 0.282 e. The smallest absolute Gasteiger partial charge is 0.282 e. The van der Waals surface area contributed by atoms with Crippen LogP contribution < -0.4 is 0 Å². The topological polar surface area (TPSA) is 89.2 Å². The summed E-state index contributed by atoms with van der Waals surface area (Å²) in [5.41, 5.74) is -0.393. The summed E-state index contributed by atoms with van der Waals surface area (Å²) in [6.07, 6.45) is 0. The summed E-state index contributed by atoms with van der Waals surface area (Å²) >= 11 is 1.13. The van der Waals surface area contributed by atoms with Gasteiger partial charge in [-0.15, -0.1) is 10.2 Å². The number of hydrogen-bond acceptors (Lipinski definition) is 6. The van der Waals surface area contributed by atoms with Crippen LogP contribution in [0.4, 0.5) is 10.1 Å². The van der Waals surface area contributed by atoms with Gasteiger partial charge in [0.15, 0.2) is 16.6 Å². The lowest BCUT2D eigenvalue weighted by Gasteiger charge is -2.00. The van der Waals surface area contributed by atoms with Crippen molar-refractivity contribution in [1.29, 1.82) is 0 Å². The van der Waals surface area contributed by atoms with E-state index >= 15 is 0 Å². The third-order valence-corrected chi connectivity index (χ3v) is 2.89. The fourth-order valence-electron chi connectivity index (χ4n) is 1.28. The minimum Gasteiger partial charge on any atom is -0.505 e. The Morgan fingerprint density at radius 1 is 1.47 bits per heavy atom. The molecule has 1 aromatic heterocycles. The number of nitrogens with zero attached hydrogens (tertiary/aromatic N) is 3. The predicted octanol–water partition coefficient (Wildman–Crippen LogP) is 2.27. The fraction of sp³-hybridized carbons (Fsp3) is 0.111. The highest BCUT2D eigenvalue weighted by molar-refractivity contribution is 7.14. The molecule has 2 rings (SSSR count). The lowest BCUT2D eigenvalue weighted by molar-refractivity contribution is -0.384. The van der Waals surface area contributed by atoms with E-state index in [0.717, 1.165) is 17.4 Å². The van der Waals surface area contributed by atoms with Crippen molar-refractivity contribution in [1.82, 2.24) is 10.2 Å². The zero-order valence-electron chi connectivity index (χ0n) is 8.55. The number of phenols is 1. The average molecular weight is 255 g/mol. The van der Waals surface area contributed by atoms with Gasteiger partial charge in [0, 0.05) is 6.07 Å². The Morgan fingerprint density at radius 3 is 2.71 bits per heavy atom. The van der Waals surface area contributed by atoms with E-state index in [1.807, 2.05) is 0 Å². The van der Waals surface area contributed by atoms with Gasteiger partial charge in [0.25, 0.3) is 5.69 Å². The molecular formula is C9H6FN3O3S. The number of halogens is 1. The van der Waals surface area contributed by atoms with E-state index in [1.54, 1.807) is 6.92 Å². The minimum absolute atomic E-state index is 0.0551. The van der Waals surface area contributed by atoms with Crippen LogP contribution in [0.5, 0.6) is 5.75 Å². The van der Waals surface area contributed by atoms with E-state index < -0.39 is 22.2 Å². The zero-order valence-corrected chi connectivity index (χ0v) is 9.36. The van der Waals surface area contributed by atoms with Crippen LogP contribution in [0.3, 0.4) is 0 Å². The van der Waals surface area contributed by atoms with Gasteiger partial charge in [0.2, 0.25) is 0 Å². The first kappa shape index (κ1) is 11.4. The van der Waals surface area contributed by atoms with Gasteiger partial charge in [-0.2, -0.15) is 0 Å². The summed E-state index contributed by atoms with van der Waals surface area (Å²) in [6.45, 7) is 1.69. The van der Waals surface area contributed by atoms with Crippen LogP contribution >= 0.6 is 11.3 Å². The van der Waals surface area contributed by atoms with Crippen LogP contribution in [0.1, 0.15) is 5.01 Å². The number of phenolic OH excluding ortho intramolecular Hbond substituents is 1. The van der Waals surface area contributed by atoms with Gasteiger partial charge in [-0.25, -0.2) is 4.39 Å². The second-order valence-corrected chi connectivity index (χ2v) is 4.39. The molecule has 0 aliphatic rings. The Labute approximate surface area is 98.5 Å². The summed E-state index contributed by atoms with van der Waals surface area (Å²) in [6, 6.07) is 1.65. The Hall–Kier alpha value is -2.09. The molecule has 0 spiro atoms. The van der Waals surface area contributed by atoms with Crippen molar-refractivity contribution < 1.29 is 14.4 Å². The standard InChI is InChI=1S/C9H6FN3O3S/c1-4-11-12-9(17-4)5-2-8(14)6(10)3-7(5)13(15)16/h2-3,14H,1H3. The van der Waals surface area contributed by atoms with Crippen molar-refractivity contribution in [3.63, 3.8) is 0 Å². The SMILES string of the molecule is Cc1nnc(-c2cc(O)c(F)cc2[N+](=O)[O-])s1. The van der Waals surface area contributed by atoms with Gasteiger partial charge in [-0.05, 0) is 6.92 Å². The monoisotopic (exact) mass is 255 g/mol. The molecule has 0 fully saturated rings. The van der Waals surface area contributed by atoms with Crippen LogP contribution in [0.15, 0.2) is 12.1 Å². The summed E-state index contributed by atoms with van der Waals surface area (Å²) < 4.78 is 13.1. The number of benzene rings is 1. The van der Waals surface area contributed by atoms with Crippen LogP contribution in [-0.4, -0.2) is 20.2 Å². The molecule has 0 atom stereocenters. The molecule has 8 heteroatoms. The van der Waals surface area contributed by atoms with Gasteiger partial charge < -0.3 is 5.11 Å². The summed E-state index contributed by atoms with van der Waals surface area (Å²) in [5, 5.41) is 28.4. The molecule has 0 unspecified atom stereocenters. The molecule has 0 saturated heterocycles. The van der Waals surface area contributed by atoms with Gasteiger partial charge in [-0.1, -0.05) is 11.3 Å². The highest BCUT2D eigenvalue weighted by Crippen LogP contribution is 2.35. The van der Waals surface area contributed by atoms with Crippen molar-refractivity contribution in [2.24, 2.45) is 0 Å². The highest BCUT2D eigenvalue weighted by Gasteiger charge is 2.22. The van der Waals surface area contributed by atoms with Gasteiger partial charge in [-0.3, -0.25) is 10.1 Å². The predicted molar refractivity (Wildman–Crippen MR) is 58.4 cm³/mol. The van der Waals surface area contributed by atoms with Crippen LogP contribution in [-0.2, 0) is 0 Å². The molecule has 1 N–H and O–H groups in total. The average Bonchev–Trinajstić information content (AvgIpc) is 2.68. The molecule has 1 heterocycles. The number of hydrogen-bond donors (Lipinski definition) is 1. The van der Waals surface area contributed by atoms with Gasteiger partial charge >= 0.3 is 0 Å². The second kappa shape index (κ2) is 4.06. The summed E-state index contributed by atoms with van der Waals surface area (Å²) in [5.74, 6) is -1.69. The molecule has 0 aliphatic carbocycles. The fourth-order valence-corrected chi connectivity index (χ4v) is 2.00. The maximum absolute atomic E-state index is 13.1. The number of nitro benzene ring substituents is 1. The minimum atomic E-state index is -1.04. The molecule has 0 aliphatic heterocycles. The molecule has 0 radical (unpaired) electrons. The molecule has 6 nitrogen and oxygen atoms in total. The Kier molecular flexibility index (Phi) is 2.72. The second-order valence-electron chi connectivity index (χ2n) is 3.20. The van der Waals surface area contributed by atoms with Crippen molar-refractivity contribution in [2.75, 3.05) is 0 Å². The largest absolute Gasteiger partial charge is 0.505 e. The maximum atomic E-state index is 13.1. The van der Waals surface area contributed by atoms with Gasteiger partial charge in [0.1, 0.15) is 5.01 Å². The summed E-state index contributed by atoms with van der Waals surface area (Å²) in [4.78, 5) is 10.1. The lowest BCUT2D eigenvalue weighted by atomic mass is 10.1. The molecule has 1 aromatic carbocycles. The van der Waals surface area contributed by atoms with E-state index in [1.165, 1.54) is 0 Å². The zero-order chi connectivity index (χ0) is 12.6. The molecular weight excluding hydrogens is 249 g/mol. The van der Waals surface area contributed by atoms with Crippen molar-refractivity contribution in [2.45, 2.75) is 6.92 Å². The number of nitro groups is 1. The Morgan fingerprint density at radius 2 is 2.18 bits per heavy atom.